The molecule has 1 N–H and O–H groups in total. The largest absolute Gasteiger partial charge is 0.313 e. The van der Waals surface area contributed by atoms with E-state index in [1.54, 1.807) is 11.0 Å². The van der Waals surface area contributed by atoms with Crippen molar-refractivity contribution in [2.24, 2.45) is 18.4 Å². The van der Waals surface area contributed by atoms with Crippen LogP contribution < -0.4 is 5.32 Å². The van der Waals surface area contributed by atoms with Gasteiger partial charge in [-0.05, 0) is 30.6 Å². The summed E-state index contributed by atoms with van der Waals surface area (Å²) in [5.74, 6) is 1.71. The lowest BCUT2D eigenvalue weighted by molar-refractivity contribution is 0.149. The van der Waals surface area contributed by atoms with Gasteiger partial charge in [0.1, 0.15) is 6.33 Å². The van der Waals surface area contributed by atoms with Crippen molar-refractivity contribution < 1.29 is 0 Å². The molecule has 102 valence electrons. The molecule has 4 heteroatoms. The van der Waals surface area contributed by atoms with Gasteiger partial charge in [0.25, 0.3) is 0 Å². The second-order valence-electron chi connectivity index (χ2n) is 6.53. The second-order valence-corrected chi connectivity index (χ2v) is 6.53. The maximum Gasteiger partial charge on any atom is 0.151 e. The molecule has 1 aromatic rings. The smallest absolute Gasteiger partial charge is 0.151 e. The Morgan fingerprint density at radius 2 is 2.28 bits per heavy atom. The molecule has 1 fully saturated rings. The molecule has 1 aliphatic carbocycles. The van der Waals surface area contributed by atoms with Gasteiger partial charge in [0.15, 0.2) is 5.82 Å². The molecule has 0 radical (unpaired) electrons. The predicted octanol–water partition coefficient (Wildman–Crippen LogP) is 2.16. The molecular formula is C14H26N4. The Morgan fingerprint density at radius 1 is 1.50 bits per heavy atom. The topological polar surface area (TPSA) is 42.7 Å². The molecule has 1 heterocycles. The third-order valence-electron chi connectivity index (χ3n) is 4.10. The molecule has 0 aromatic carbocycles. The summed E-state index contributed by atoms with van der Waals surface area (Å²) in [5, 5.41) is 7.98. The molecule has 1 aliphatic rings. The normalized spacial score (nSPS) is 27.3. The Bertz CT molecular complexity index is 383. The number of nitrogens with zero attached hydrogens (tertiary/aromatic N) is 3. The standard InChI is InChI=1S/C14H26N4/c1-11-9-14(2,3)7-5-12(11)15-8-6-13-16-10-18(4)17-13/h10-12,15H,5-9H2,1-4H3. The molecule has 0 amide bonds. The van der Waals surface area contributed by atoms with E-state index in [1.807, 2.05) is 7.05 Å². The Labute approximate surface area is 110 Å². The highest BCUT2D eigenvalue weighted by Crippen LogP contribution is 2.38. The summed E-state index contributed by atoms with van der Waals surface area (Å²) in [7, 11) is 1.91. The van der Waals surface area contributed by atoms with Crippen LogP contribution in [0.1, 0.15) is 45.9 Å². The zero-order valence-electron chi connectivity index (χ0n) is 12.1. The lowest BCUT2D eigenvalue weighted by Gasteiger charge is -2.39. The van der Waals surface area contributed by atoms with E-state index in [9.17, 15) is 0 Å². The first-order valence-corrected chi connectivity index (χ1v) is 7.04. The van der Waals surface area contributed by atoms with Crippen molar-refractivity contribution in [3.05, 3.63) is 12.2 Å². The minimum absolute atomic E-state index is 0.528. The van der Waals surface area contributed by atoms with Gasteiger partial charge in [-0.25, -0.2) is 4.98 Å². The average molecular weight is 250 g/mol. The van der Waals surface area contributed by atoms with E-state index >= 15 is 0 Å². The zero-order valence-corrected chi connectivity index (χ0v) is 12.1. The average Bonchev–Trinajstić information content (AvgIpc) is 2.67. The van der Waals surface area contributed by atoms with Gasteiger partial charge in [-0.2, -0.15) is 5.10 Å². The molecule has 4 nitrogen and oxygen atoms in total. The molecule has 1 saturated carbocycles. The molecular weight excluding hydrogens is 224 g/mol. The van der Waals surface area contributed by atoms with E-state index in [1.165, 1.54) is 19.3 Å². The quantitative estimate of drug-likeness (QED) is 0.890. The van der Waals surface area contributed by atoms with Crippen LogP contribution in [0.3, 0.4) is 0 Å². The second kappa shape index (κ2) is 5.39. The molecule has 2 rings (SSSR count). The summed E-state index contributed by atoms with van der Waals surface area (Å²) in [6.45, 7) is 8.13. The summed E-state index contributed by atoms with van der Waals surface area (Å²) < 4.78 is 1.76. The van der Waals surface area contributed by atoms with E-state index in [4.69, 9.17) is 0 Å². The van der Waals surface area contributed by atoms with Gasteiger partial charge >= 0.3 is 0 Å². The number of nitrogens with one attached hydrogen (secondary N) is 1. The maximum atomic E-state index is 4.30. The molecule has 1 aromatic heterocycles. The minimum atomic E-state index is 0.528. The molecule has 0 spiro atoms. The number of aryl methyl sites for hydroxylation is 1. The highest BCUT2D eigenvalue weighted by Gasteiger charge is 2.31. The Balaban J connectivity index is 1.74. The van der Waals surface area contributed by atoms with Crippen molar-refractivity contribution in [3.8, 4) is 0 Å². The van der Waals surface area contributed by atoms with Crippen LogP contribution in [0.2, 0.25) is 0 Å². The van der Waals surface area contributed by atoms with Gasteiger partial charge < -0.3 is 5.32 Å². The van der Waals surface area contributed by atoms with E-state index in [0.717, 1.165) is 24.7 Å². The van der Waals surface area contributed by atoms with Gasteiger partial charge in [0.05, 0.1) is 0 Å². The van der Waals surface area contributed by atoms with Gasteiger partial charge in [-0.3, -0.25) is 4.68 Å². The first kappa shape index (κ1) is 13.5. The Kier molecular flexibility index (Phi) is 4.05. The van der Waals surface area contributed by atoms with Crippen LogP contribution >= 0.6 is 0 Å². The molecule has 2 unspecified atom stereocenters. The van der Waals surface area contributed by atoms with E-state index in [0.29, 0.717) is 11.5 Å². The third-order valence-corrected chi connectivity index (χ3v) is 4.10. The Hall–Kier alpha value is -0.900. The SMILES string of the molecule is CC1CC(C)(C)CCC1NCCc1ncn(C)n1. The third kappa shape index (κ3) is 3.55. The molecule has 2 atom stereocenters. The summed E-state index contributed by atoms with van der Waals surface area (Å²) >= 11 is 0. The predicted molar refractivity (Wildman–Crippen MR) is 73.3 cm³/mol. The van der Waals surface area contributed by atoms with Crippen LogP contribution in [0.15, 0.2) is 6.33 Å². The summed E-state index contributed by atoms with van der Waals surface area (Å²) in [5.41, 5.74) is 0.528. The van der Waals surface area contributed by atoms with E-state index < -0.39 is 0 Å². The number of hydrogen-bond donors (Lipinski definition) is 1. The summed E-state index contributed by atoms with van der Waals surface area (Å²) in [6.07, 6.45) is 6.64. The molecule has 0 saturated heterocycles. The lowest BCUT2D eigenvalue weighted by atomic mass is 9.70. The highest BCUT2D eigenvalue weighted by atomic mass is 15.3. The van der Waals surface area contributed by atoms with Crippen molar-refractivity contribution >= 4 is 0 Å². The van der Waals surface area contributed by atoms with Gasteiger partial charge in [0.2, 0.25) is 0 Å². The van der Waals surface area contributed by atoms with Crippen LogP contribution in [-0.2, 0) is 13.5 Å². The van der Waals surface area contributed by atoms with Crippen molar-refractivity contribution in [1.82, 2.24) is 20.1 Å². The monoisotopic (exact) mass is 250 g/mol. The minimum Gasteiger partial charge on any atom is -0.313 e. The molecule has 18 heavy (non-hydrogen) atoms. The van der Waals surface area contributed by atoms with Crippen molar-refractivity contribution in [2.75, 3.05) is 6.54 Å². The molecule has 0 bridgehead atoms. The van der Waals surface area contributed by atoms with Crippen LogP contribution in [0.4, 0.5) is 0 Å². The van der Waals surface area contributed by atoms with Crippen molar-refractivity contribution in [3.63, 3.8) is 0 Å². The fourth-order valence-electron chi connectivity index (χ4n) is 3.12. The highest BCUT2D eigenvalue weighted by molar-refractivity contribution is 4.88. The van der Waals surface area contributed by atoms with Gasteiger partial charge in [-0.15, -0.1) is 0 Å². The summed E-state index contributed by atoms with van der Waals surface area (Å²) in [6, 6.07) is 0.668. The van der Waals surface area contributed by atoms with Crippen LogP contribution in [0.25, 0.3) is 0 Å². The zero-order chi connectivity index (χ0) is 13.2. The molecule has 0 aliphatic heterocycles. The maximum absolute atomic E-state index is 4.30. The van der Waals surface area contributed by atoms with Crippen LogP contribution in [-0.4, -0.2) is 27.4 Å². The number of aromatic nitrogens is 3. The fourth-order valence-corrected chi connectivity index (χ4v) is 3.12. The first-order chi connectivity index (χ1) is 8.46. The van der Waals surface area contributed by atoms with Crippen LogP contribution in [0.5, 0.6) is 0 Å². The van der Waals surface area contributed by atoms with E-state index in [2.05, 4.69) is 36.2 Å². The van der Waals surface area contributed by atoms with Crippen molar-refractivity contribution in [2.45, 2.75) is 52.5 Å². The Morgan fingerprint density at radius 3 is 2.89 bits per heavy atom. The van der Waals surface area contributed by atoms with Crippen molar-refractivity contribution in [1.29, 1.82) is 0 Å². The lowest BCUT2D eigenvalue weighted by Crippen LogP contribution is -2.42. The van der Waals surface area contributed by atoms with Crippen LogP contribution in [0, 0.1) is 11.3 Å². The van der Waals surface area contributed by atoms with Gasteiger partial charge in [0, 0.05) is 26.1 Å². The number of hydrogen-bond acceptors (Lipinski definition) is 3. The van der Waals surface area contributed by atoms with E-state index in [-0.39, 0.29) is 0 Å². The van der Waals surface area contributed by atoms with Gasteiger partial charge in [-0.1, -0.05) is 20.8 Å². The fraction of sp³-hybridized carbons (Fsp3) is 0.857. The number of rotatable bonds is 4. The summed E-state index contributed by atoms with van der Waals surface area (Å²) in [4.78, 5) is 4.25. The first-order valence-electron chi connectivity index (χ1n) is 7.04.